The zero-order valence-corrected chi connectivity index (χ0v) is 11.1. The Morgan fingerprint density at radius 2 is 1.76 bits per heavy atom. The number of nitrogens with two attached hydrogens (primary N) is 1. The maximum absolute atomic E-state index is 11.8. The number of H-pyrrole nitrogens is 3. The van der Waals surface area contributed by atoms with Crippen LogP contribution in [0, 0.1) is 0 Å². The molecule has 1 fully saturated rings. The lowest BCUT2D eigenvalue weighted by molar-refractivity contribution is 0.778. The molecule has 0 unspecified atom stereocenters. The van der Waals surface area contributed by atoms with E-state index in [2.05, 4.69) is 19.9 Å². The number of rotatable bonds is 2. The average molecular weight is 283 g/mol. The van der Waals surface area contributed by atoms with Gasteiger partial charge in [-0.1, -0.05) is 12.1 Å². The quantitative estimate of drug-likeness (QED) is 0.515. The number of nitrogens with zero attached hydrogens (tertiary/aromatic N) is 1. The van der Waals surface area contributed by atoms with Crippen molar-refractivity contribution in [3.05, 3.63) is 56.5 Å². The molecule has 1 aliphatic carbocycles. The van der Waals surface area contributed by atoms with E-state index in [0.29, 0.717) is 22.7 Å². The minimum atomic E-state index is -0.553. The minimum absolute atomic E-state index is 0.212. The largest absolute Gasteiger partial charge is 0.399 e. The van der Waals surface area contributed by atoms with Crippen molar-refractivity contribution in [3.8, 4) is 0 Å². The minimum Gasteiger partial charge on any atom is -0.399 e. The third kappa shape index (κ3) is 1.70. The van der Waals surface area contributed by atoms with E-state index in [0.717, 1.165) is 18.4 Å². The molecule has 4 rings (SSSR count). The van der Waals surface area contributed by atoms with E-state index in [4.69, 9.17) is 5.73 Å². The number of hydrogen-bond acceptors (Lipinski definition) is 4. The van der Waals surface area contributed by atoms with Gasteiger partial charge in [-0.05, 0) is 30.5 Å². The van der Waals surface area contributed by atoms with Gasteiger partial charge in [-0.25, -0.2) is 9.78 Å². The predicted octanol–water partition coefficient (Wildman–Crippen LogP) is 0.602. The van der Waals surface area contributed by atoms with Crippen LogP contribution >= 0.6 is 0 Å². The standard InChI is InChI=1S/C14H13N5O2/c15-8-3-1-7(2-4-8)14(5-6-14)12-16-9-10(17-12)18-13(21)19-11(9)20/h1-4H,5-6,15H2,(H3,16,17,18,19,20,21). The van der Waals surface area contributed by atoms with Crippen molar-refractivity contribution in [1.29, 1.82) is 0 Å². The van der Waals surface area contributed by atoms with Crippen molar-refractivity contribution in [2.24, 2.45) is 0 Å². The second-order valence-corrected chi connectivity index (χ2v) is 5.42. The summed E-state index contributed by atoms with van der Waals surface area (Å²) < 4.78 is 0. The molecule has 1 aromatic carbocycles. The molecular formula is C14H13N5O2. The summed E-state index contributed by atoms with van der Waals surface area (Å²) in [4.78, 5) is 35.3. The van der Waals surface area contributed by atoms with Gasteiger partial charge in [0.15, 0.2) is 5.65 Å². The maximum Gasteiger partial charge on any atom is 0.327 e. The van der Waals surface area contributed by atoms with Crippen molar-refractivity contribution in [2.75, 3.05) is 5.73 Å². The number of nitrogens with one attached hydrogen (secondary N) is 3. The number of aromatic amines is 3. The summed E-state index contributed by atoms with van der Waals surface area (Å²) in [6.45, 7) is 0. The topological polar surface area (TPSA) is 120 Å². The van der Waals surface area contributed by atoms with Gasteiger partial charge < -0.3 is 10.7 Å². The first kappa shape index (κ1) is 12.0. The van der Waals surface area contributed by atoms with Gasteiger partial charge in [0, 0.05) is 5.69 Å². The van der Waals surface area contributed by atoms with Gasteiger partial charge in [0.05, 0.1) is 5.41 Å². The second-order valence-electron chi connectivity index (χ2n) is 5.42. The Morgan fingerprint density at radius 3 is 2.43 bits per heavy atom. The first-order valence-corrected chi connectivity index (χ1v) is 6.67. The van der Waals surface area contributed by atoms with Gasteiger partial charge in [-0.2, -0.15) is 0 Å². The summed E-state index contributed by atoms with van der Waals surface area (Å²) in [5, 5.41) is 0. The molecule has 106 valence electrons. The third-order valence-electron chi connectivity index (χ3n) is 4.06. The summed E-state index contributed by atoms with van der Waals surface area (Å²) in [7, 11) is 0. The Bertz CT molecular complexity index is 944. The van der Waals surface area contributed by atoms with Gasteiger partial charge in [-0.3, -0.25) is 14.8 Å². The van der Waals surface area contributed by atoms with Crippen LogP contribution in [0.5, 0.6) is 0 Å². The highest BCUT2D eigenvalue weighted by molar-refractivity contribution is 5.69. The zero-order valence-electron chi connectivity index (χ0n) is 11.1. The molecule has 0 bridgehead atoms. The van der Waals surface area contributed by atoms with Crippen LogP contribution in [0.25, 0.3) is 11.2 Å². The van der Waals surface area contributed by atoms with Crippen molar-refractivity contribution in [3.63, 3.8) is 0 Å². The van der Waals surface area contributed by atoms with Gasteiger partial charge in [0.2, 0.25) is 0 Å². The maximum atomic E-state index is 11.8. The molecule has 5 N–H and O–H groups in total. The Morgan fingerprint density at radius 1 is 1.05 bits per heavy atom. The number of aromatic nitrogens is 4. The molecule has 1 aliphatic rings. The van der Waals surface area contributed by atoms with E-state index in [9.17, 15) is 9.59 Å². The Kier molecular flexibility index (Phi) is 2.19. The van der Waals surface area contributed by atoms with Crippen molar-refractivity contribution in [1.82, 2.24) is 19.9 Å². The van der Waals surface area contributed by atoms with E-state index in [-0.39, 0.29) is 5.41 Å². The average Bonchev–Trinajstić information content (AvgIpc) is 3.13. The van der Waals surface area contributed by atoms with Crippen LogP contribution in [0.2, 0.25) is 0 Å². The van der Waals surface area contributed by atoms with Crippen molar-refractivity contribution >= 4 is 16.9 Å². The van der Waals surface area contributed by atoms with Gasteiger partial charge in [0.25, 0.3) is 5.56 Å². The third-order valence-corrected chi connectivity index (χ3v) is 4.06. The van der Waals surface area contributed by atoms with E-state index < -0.39 is 11.2 Å². The Hall–Kier alpha value is -2.83. The molecule has 21 heavy (non-hydrogen) atoms. The highest BCUT2D eigenvalue weighted by Gasteiger charge is 2.48. The molecule has 1 saturated carbocycles. The van der Waals surface area contributed by atoms with Gasteiger partial charge in [0.1, 0.15) is 11.3 Å². The molecule has 2 aromatic heterocycles. The van der Waals surface area contributed by atoms with E-state index >= 15 is 0 Å². The number of hydrogen-bond donors (Lipinski definition) is 4. The highest BCUT2D eigenvalue weighted by Crippen LogP contribution is 2.52. The Labute approximate surface area is 118 Å². The van der Waals surface area contributed by atoms with Crippen LogP contribution in [0.3, 0.4) is 0 Å². The van der Waals surface area contributed by atoms with Gasteiger partial charge >= 0.3 is 5.69 Å². The lowest BCUT2D eigenvalue weighted by Gasteiger charge is -2.12. The lowest BCUT2D eigenvalue weighted by Crippen LogP contribution is -2.21. The lowest BCUT2D eigenvalue weighted by atomic mass is 9.95. The SMILES string of the molecule is Nc1ccc(C2(c3nc4[nH]c(=O)[nH]c(=O)c4[nH]3)CC2)cc1. The van der Waals surface area contributed by atoms with Crippen LogP contribution < -0.4 is 17.0 Å². The molecule has 7 heteroatoms. The number of nitrogen functional groups attached to an aromatic ring is 1. The zero-order chi connectivity index (χ0) is 14.6. The van der Waals surface area contributed by atoms with Crippen molar-refractivity contribution in [2.45, 2.75) is 18.3 Å². The van der Waals surface area contributed by atoms with Crippen LogP contribution in [-0.4, -0.2) is 19.9 Å². The molecule has 3 aromatic rings. The van der Waals surface area contributed by atoms with Crippen LogP contribution in [0.4, 0.5) is 5.69 Å². The summed E-state index contributed by atoms with van der Waals surface area (Å²) in [5.41, 5.74) is 6.90. The van der Waals surface area contributed by atoms with E-state index in [1.165, 1.54) is 0 Å². The normalized spacial score (nSPS) is 16.2. The Balaban J connectivity index is 1.90. The molecule has 0 saturated heterocycles. The fraction of sp³-hybridized carbons (Fsp3) is 0.214. The molecule has 0 atom stereocenters. The second kappa shape index (κ2) is 3.85. The van der Waals surface area contributed by atoms with Crippen LogP contribution in [-0.2, 0) is 5.41 Å². The highest BCUT2D eigenvalue weighted by atomic mass is 16.2. The molecule has 2 heterocycles. The fourth-order valence-electron chi connectivity index (χ4n) is 2.75. The van der Waals surface area contributed by atoms with Gasteiger partial charge in [-0.15, -0.1) is 0 Å². The number of benzene rings is 1. The summed E-state index contributed by atoms with van der Waals surface area (Å²) in [5.74, 6) is 0.703. The molecule has 0 amide bonds. The first-order chi connectivity index (χ1) is 10.1. The number of imidazole rings is 1. The summed E-state index contributed by atoms with van der Waals surface area (Å²) >= 11 is 0. The summed E-state index contributed by atoms with van der Waals surface area (Å²) in [6.07, 6.45) is 1.89. The fourth-order valence-corrected chi connectivity index (χ4v) is 2.75. The smallest absolute Gasteiger partial charge is 0.327 e. The van der Waals surface area contributed by atoms with Crippen molar-refractivity contribution < 1.29 is 0 Å². The molecular weight excluding hydrogens is 270 g/mol. The monoisotopic (exact) mass is 283 g/mol. The first-order valence-electron chi connectivity index (χ1n) is 6.67. The molecule has 7 nitrogen and oxygen atoms in total. The number of anilines is 1. The van der Waals surface area contributed by atoms with E-state index in [1.807, 2.05) is 24.3 Å². The van der Waals surface area contributed by atoms with Crippen LogP contribution in [0.15, 0.2) is 33.9 Å². The van der Waals surface area contributed by atoms with Crippen LogP contribution in [0.1, 0.15) is 24.2 Å². The molecule has 0 aliphatic heterocycles. The number of fused-ring (bicyclic) bond motifs is 1. The molecule has 0 spiro atoms. The predicted molar refractivity (Wildman–Crippen MR) is 78.2 cm³/mol. The van der Waals surface area contributed by atoms with E-state index in [1.54, 1.807) is 0 Å². The molecule has 0 radical (unpaired) electrons. The summed E-state index contributed by atoms with van der Waals surface area (Å²) in [6, 6.07) is 7.66.